The van der Waals surface area contributed by atoms with Crippen molar-refractivity contribution in [2.45, 2.75) is 31.3 Å². The highest BCUT2D eigenvalue weighted by Crippen LogP contribution is 2.35. The maximum Gasteiger partial charge on any atom is 0.290 e. The second kappa shape index (κ2) is 6.15. The predicted octanol–water partition coefficient (Wildman–Crippen LogP) is 2.98. The Balaban J connectivity index is 1.63. The summed E-state index contributed by atoms with van der Waals surface area (Å²) in [5.74, 6) is -0.806. The Bertz CT molecular complexity index is 827. The van der Waals surface area contributed by atoms with Gasteiger partial charge >= 0.3 is 0 Å². The third kappa shape index (κ3) is 2.89. The lowest BCUT2D eigenvalue weighted by Gasteiger charge is -2.26. The van der Waals surface area contributed by atoms with E-state index in [4.69, 9.17) is 4.42 Å². The Kier molecular flexibility index (Phi) is 3.95. The monoisotopic (exact) mass is 402 g/mol. The van der Waals surface area contributed by atoms with Crippen LogP contribution in [0.4, 0.5) is 5.69 Å². The molecule has 2 heterocycles. The van der Waals surface area contributed by atoms with Gasteiger partial charge in [-0.3, -0.25) is 14.4 Å². The van der Waals surface area contributed by atoms with Gasteiger partial charge in [0, 0.05) is 10.5 Å². The first-order valence-corrected chi connectivity index (χ1v) is 8.84. The number of rotatable bonds is 4. The van der Waals surface area contributed by atoms with Crippen molar-refractivity contribution >= 4 is 39.3 Å². The molecule has 4 rings (SSSR count). The Morgan fingerprint density at radius 3 is 2.48 bits per heavy atom. The molecule has 128 valence electrons. The third-order valence-corrected chi connectivity index (χ3v) is 4.98. The van der Waals surface area contributed by atoms with Crippen molar-refractivity contribution in [3.8, 4) is 0 Å². The van der Waals surface area contributed by atoms with Gasteiger partial charge in [0.25, 0.3) is 11.8 Å². The largest absolute Gasteiger partial charge is 0.459 e. The molecule has 1 atom stereocenters. The van der Waals surface area contributed by atoms with Gasteiger partial charge in [-0.1, -0.05) is 15.9 Å². The van der Waals surface area contributed by atoms with Crippen LogP contribution in [0.15, 0.2) is 51.6 Å². The van der Waals surface area contributed by atoms with Crippen LogP contribution in [0, 0.1) is 0 Å². The molecule has 2 fully saturated rings. The Labute approximate surface area is 152 Å². The quantitative estimate of drug-likeness (QED) is 0.736. The summed E-state index contributed by atoms with van der Waals surface area (Å²) in [6.07, 6.45) is 3.09. The average Bonchev–Trinajstić information content (AvgIpc) is 3.18. The number of nitrogens with zero attached hydrogens (tertiary/aromatic N) is 2. The van der Waals surface area contributed by atoms with Gasteiger partial charge in [-0.05, 0) is 49.2 Å². The van der Waals surface area contributed by atoms with Crippen molar-refractivity contribution in [3.63, 3.8) is 0 Å². The molecule has 1 unspecified atom stereocenters. The van der Waals surface area contributed by atoms with Gasteiger partial charge in [0.15, 0.2) is 5.76 Å². The third-order valence-electron chi connectivity index (χ3n) is 4.45. The van der Waals surface area contributed by atoms with Crippen LogP contribution in [-0.2, 0) is 9.59 Å². The predicted molar refractivity (Wildman–Crippen MR) is 92.9 cm³/mol. The number of carbonyl (C=O) groups excluding carboxylic acids is 3. The van der Waals surface area contributed by atoms with Crippen molar-refractivity contribution in [2.24, 2.45) is 0 Å². The van der Waals surface area contributed by atoms with Gasteiger partial charge in [-0.2, -0.15) is 0 Å². The van der Waals surface area contributed by atoms with Crippen LogP contribution >= 0.6 is 15.9 Å². The summed E-state index contributed by atoms with van der Waals surface area (Å²) >= 11 is 3.34. The minimum absolute atomic E-state index is 0.00214. The van der Waals surface area contributed by atoms with Crippen LogP contribution in [0.25, 0.3) is 0 Å². The van der Waals surface area contributed by atoms with Crippen LogP contribution in [0.2, 0.25) is 0 Å². The number of carbonyl (C=O) groups is 3. The molecule has 0 spiro atoms. The lowest BCUT2D eigenvalue weighted by atomic mass is 10.2. The molecule has 0 N–H and O–H groups in total. The van der Waals surface area contributed by atoms with E-state index < -0.39 is 6.04 Å². The van der Waals surface area contributed by atoms with Gasteiger partial charge in [0.1, 0.15) is 6.04 Å². The van der Waals surface area contributed by atoms with Gasteiger partial charge < -0.3 is 9.32 Å². The van der Waals surface area contributed by atoms with Crippen molar-refractivity contribution in [2.75, 3.05) is 4.90 Å². The van der Waals surface area contributed by atoms with Gasteiger partial charge in [-0.25, -0.2) is 4.90 Å². The summed E-state index contributed by atoms with van der Waals surface area (Å²) in [7, 11) is 0. The maximum atomic E-state index is 12.9. The van der Waals surface area contributed by atoms with Crippen LogP contribution in [0.3, 0.4) is 0 Å². The van der Waals surface area contributed by atoms with E-state index in [2.05, 4.69) is 15.9 Å². The molecule has 1 saturated carbocycles. The topological polar surface area (TPSA) is 70.8 Å². The number of benzene rings is 1. The molecule has 25 heavy (non-hydrogen) atoms. The first-order chi connectivity index (χ1) is 12.1. The summed E-state index contributed by atoms with van der Waals surface area (Å²) in [5, 5.41) is 0. The van der Waals surface area contributed by atoms with E-state index in [1.54, 1.807) is 36.4 Å². The highest BCUT2D eigenvalue weighted by Gasteiger charge is 2.49. The second-order valence-corrected chi connectivity index (χ2v) is 7.10. The Morgan fingerprint density at radius 1 is 1.16 bits per heavy atom. The van der Waals surface area contributed by atoms with Crippen molar-refractivity contribution < 1.29 is 18.8 Å². The van der Waals surface area contributed by atoms with Gasteiger partial charge in [0.05, 0.1) is 18.4 Å². The first kappa shape index (κ1) is 16.1. The number of hydrogen-bond donors (Lipinski definition) is 0. The van der Waals surface area contributed by atoms with Gasteiger partial charge in [0.2, 0.25) is 5.91 Å². The summed E-state index contributed by atoms with van der Waals surface area (Å²) < 4.78 is 6.05. The molecule has 0 radical (unpaired) electrons. The zero-order valence-electron chi connectivity index (χ0n) is 13.2. The lowest BCUT2D eigenvalue weighted by molar-refractivity contribution is -0.122. The number of furan rings is 1. The second-order valence-electron chi connectivity index (χ2n) is 6.18. The Morgan fingerprint density at radius 2 is 1.88 bits per heavy atom. The highest BCUT2D eigenvalue weighted by atomic mass is 79.9. The van der Waals surface area contributed by atoms with E-state index in [0.29, 0.717) is 5.69 Å². The SMILES string of the molecule is O=C1CC(N(C(=O)c2ccco2)C2CC2)C(=O)N1c1ccc(Br)cc1. The Hall–Kier alpha value is -2.41. The number of hydrogen-bond acceptors (Lipinski definition) is 4. The molecule has 7 heteroatoms. The summed E-state index contributed by atoms with van der Waals surface area (Å²) in [5.41, 5.74) is 0.516. The summed E-state index contributed by atoms with van der Waals surface area (Å²) in [4.78, 5) is 40.8. The van der Waals surface area contributed by atoms with E-state index in [1.165, 1.54) is 16.1 Å². The van der Waals surface area contributed by atoms with Crippen LogP contribution in [-0.4, -0.2) is 34.7 Å². The molecular formula is C18H15BrN2O4. The molecule has 0 bridgehead atoms. The summed E-state index contributed by atoms with van der Waals surface area (Å²) in [6, 6.07) is 9.38. The molecule has 1 aromatic carbocycles. The fraction of sp³-hybridized carbons (Fsp3) is 0.278. The van der Waals surface area contributed by atoms with Crippen molar-refractivity contribution in [3.05, 3.63) is 52.9 Å². The van der Waals surface area contributed by atoms with Gasteiger partial charge in [-0.15, -0.1) is 0 Å². The fourth-order valence-corrected chi connectivity index (χ4v) is 3.40. The van der Waals surface area contributed by atoms with Crippen molar-refractivity contribution in [1.29, 1.82) is 0 Å². The smallest absolute Gasteiger partial charge is 0.290 e. The molecule has 1 aliphatic carbocycles. The molecule has 1 saturated heterocycles. The molecular weight excluding hydrogens is 388 g/mol. The lowest BCUT2D eigenvalue weighted by Crippen LogP contribution is -2.46. The molecule has 2 aliphatic rings. The number of halogens is 1. The fourth-order valence-electron chi connectivity index (χ4n) is 3.14. The van der Waals surface area contributed by atoms with Crippen LogP contribution < -0.4 is 4.90 Å². The van der Waals surface area contributed by atoms with Crippen LogP contribution in [0.5, 0.6) is 0 Å². The highest BCUT2D eigenvalue weighted by molar-refractivity contribution is 9.10. The normalized spacial score (nSPS) is 20.2. The number of imide groups is 1. The molecule has 3 amide bonds. The maximum absolute atomic E-state index is 12.9. The number of anilines is 1. The molecule has 1 aromatic heterocycles. The summed E-state index contributed by atoms with van der Waals surface area (Å²) in [6.45, 7) is 0. The molecule has 6 nitrogen and oxygen atoms in total. The molecule has 2 aromatic rings. The van der Waals surface area contributed by atoms with Crippen molar-refractivity contribution in [1.82, 2.24) is 4.90 Å². The van der Waals surface area contributed by atoms with E-state index in [0.717, 1.165) is 17.3 Å². The minimum atomic E-state index is -0.777. The average molecular weight is 403 g/mol. The zero-order chi connectivity index (χ0) is 17.6. The number of amides is 3. The first-order valence-electron chi connectivity index (χ1n) is 8.05. The standard InChI is InChI=1S/C18H15BrN2O4/c19-11-3-5-13(6-4-11)21-16(22)10-14(17(21)23)20(12-7-8-12)18(24)15-2-1-9-25-15/h1-6,9,12,14H,7-8,10H2. The van der Waals surface area contributed by atoms with E-state index >= 15 is 0 Å². The minimum Gasteiger partial charge on any atom is -0.459 e. The van der Waals surface area contributed by atoms with E-state index in [-0.39, 0.29) is 35.9 Å². The van der Waals surface area contributed by atoms with E-state index in [1.807, 2.05) is 0 Å². The van der Waals surface area contributed by atoms with E-state index in [9.17, 15) is 14.4 Å². The van der Waals surface area contributed by atoms with Crippen LogP contribution in [0.1, 0.15) is 29.8 Å². The molecule has 1 aliphatic heterocycles. The zero-order valence-corrected chi connectivity index (χ0v) is 14.8.